The Morgan fingerprint density at radius 2 is 1.64 bits per heavy atom. The highest BCUT2D eigenvalue weighted by molar-refractivity contribution is 7.80. The van der Waals surface area contributed by atoms with Crippen LogP contribution in [0.3, 0.4) is 0 Å². The monoisotopic (exact) mass is 378 g/mol. The number of aliphatic carboxylic acids is 1. The van der Waals surface area contributed by atoms with Crippen molar-refractivity contribution < 1.29 is 27.1 Å². The number of carboxylic acids is 1. The van der Waals surface area contributed by atoms with Crippen molar-refractivity contribution in [3.8, 4) is 0 Å². The lowest BCUT2D eigenvalue weighted by Gasteiger charge is -2.13. The fourth-order valence-corrected chi connectivity index (χ4v) is 3.13. The summed E-state index contributed by atoms with van der Waals surface area (Å²) in [6.07, 6.45) is 14.6. The van der Waals surface area contributed by atoms with Gasteiger partial charge in [0.1, 0.15) is 0 Å². The molecule has 148 valence electrons. The topological polar surface area (TPSA) is 101 Å². The fraction of sp³-hybridized carbons (Fsp3) is 0.833. The van der Waals surface area contributed by atoms with Crippen molar-refractivity contribution >= 4 is 16.4 Å². The molecular weight excluding hydrogens is 344 g/mol. The molecule has 0 spiro atoms. The van der Waals surface area contributed by atoms with Crippen LogP contribution in [0.4, 0.5) is 0 Å². The Bertz CT molecular complexity index is 458. The number of rotatable bonds is 17. The van der Waals surface area contributed by atoms with E-state index in [9.17, 15) is 13.2 Å². The number of hydrogen-bond donors (Lipinski definition) is 2. The highest BCUT2D eigenvalue weighted by Crippen LogP contribution is 2.14. The molecule has 0 amide bonds. The van der Waals surface area contributed by atoms with E-state index >= 15 is 0 Å². The van der Waals surface area contributed by atoms with Gasteiger partial charge < -0.3 is 5.11 Å². The summed E-state index contributed by atoms with van der Waals surface area (Å²) in [4.78, 5) is 10.4. The Labute approximate surface area is 152 Å². The molecule has 2 N–H and O–H groups in total. The van der Waals surface area contributed by atoms with Crippen LogP contribution in [-0.2, 0) is 19.4 Å². The molecule has 0 fully saturated rings. The lowest BCUT2D eigenvalue weighted by Crippen LogP contribution is -2.17. The number of hydrogen-bond acceptors (Lipinski definition) is 4. The van der Waals surface area contributed by atoms with Crippen LogP contribution in [0.2, 0.25) is 0 Å². The maximum absolute atomic E-state index is 10.9. The van der Waals surface area contributed by atoms with Gasteiger partial charge >= 0.3 is 16.4 Å². The summed E-state index contributed by atoms with van der Waals surface area (Å²) in [6, 6.07) is 0. The summed E-state index contributed by atoms with van der Waals surface area (Å²) >= 11 is 0. The van der Waals surface area contributed by atoms with E-state index in [2.05, 4.69) is 6.92 Å². The number of carboxylic acid groups (broad SMARTS) is 1. The van der Waals surface area contributed by atoms with Crippen LogP contribution in [0.5, 0.6) is 0 Å². The van der Waals surface area contributed by atoms with Crippen LogP contribution >= 0.6 is 0 Å². The van der Waals surface area contributed by atoms with Gasteiger partial charge in [0.15, 0.2) is 0 Å². The molecule has 0 rings (SSSR count). The standard InChI is InChI=1S/C18H34O6S/c1-2-3-4-11-14-17(24-25(21,22)23)15-12-9-7-5-6-8-10-13-16-18(19)20/h9,12,17H,2-8,10-11,13-16H2,1H3,(H,19,20)(H,21,22,23)/b12-9-/t17-/m0/s1. The third kappa shape index (κ3) is 19.3. The summed E-state index contributed by atoms with van der Waals surface area (Å²) in [5.74, 6) is -0.737. The first-order chi connectivity index (χ1) is 11.8. The second kappa shape index (κ2) is 15.3. The largest absolute Gasteiger partial charge is 0.481 e. The predicted octanol–water partition coefficient (Wildman–Crippen LogP) is 4.91. The van der Waals surface area contributed by atoms with Gasteiger partial charge in [-0.2, -0.15) is 8.42 Å². The van der Waals surface area contributed by atoms with Gasteiger partial charge in [0.25, 0.3) is 0 Å². The minimum absolute atomic E-state index is 0.243. The fourth-order valence-electron chi connectivity index (χ4n) is 2.61. The molecule has 0 radical (unpaired) electrons. The molecule has 0 aromatic rings. The van der Waals surface area contributed by atoms with E-state index in [1.807, 2.05) is 12.2 Å². The van der Waals surface area contributed by atoms with E-state index in [0.717, 1.165) is 64.2 Å². The smallest absolute Gasteiger partial charge is 0.397 e. The minimum Gasteiger partial charge on any atom is -0.481 e. The lowest BCUT2D eigenvalue weighted by molar-refractivity contribution is -0.137. The molecule has 0 aliphatic heterocycles. The zero-order valence-corrected chi connectivity index (χ0v) is 16.2. The quantitative estimate of drug-likeness (QED) is 0.212. The number of unbranched alkanes of at least 4 members (excludes halogenated alkanes) is 8. The van der Waals surface area contributed by atoms with Gasteiger partial charge in [-0.05, 0) is 32.1 Å². The molecule has 0 aromatic heterocycles. The van der Waals surface area contributed by atoms with Gasteiger partial charge in [0, 0.05) is 6.42 Å². The van der Waals surface area contributed by atoms with Crippen LogP contribution in [0, 0.1) is 0 Å². The molecule has 1 atom stereocenters. The molecule has 0 saturated carbocycles. The summed E-state index contributed by atoms with van der Waals surface area (Å²) in [6.45, 7) is 2.11. The van der Waals surface area contributed by atoms with Crippen LogP contribution < -0.4 is 0 Å². The maximum Gasteiger partial charge on any atom is 0.397 e. The third-order valence-electron chi connectivity index (χ3n) is 3.96. The molecule has 0 saturated heterocycles. The van der Waals surface area contributed by atoms with Crippen LogP contribution in [0.15, 0.2) is 12.2 Å². The Morgan fingerprint density at radius 1 is 1.00 bits per heavy atom. The molecule has 0 aromatic carbocycles. The third-order valence-corrected chi connectivity index (χ3v) is 4.48. The van der Waals surface area contributed by atoms with E-state index in [1.54, 1.807) is 0 Å². The van der Waals surface area contributed by atoms with Crippen molar-refractivity contribution in [1.82, 2.24) is 0 Å². The molecule has 7 heteroatoms. The van der Waals surface area contributed by atoms with Crippen molar-refractivity contribution in [3.63, 3.8) is 0 Å². The molecule has 6 nitrogen and oxygen atoms in total. The first-order valence-electron chi connectivity index (χ1n) is 9.37. The van der Waals surface area contributed by atoms with Crippen molar-refractivity contribution in [2.75, 3.05) is 0 Å². The molecule has 0 aliphatic rings. The van der Waals surface area contributed by atoms with Gasteiger partial charge in [-0.1, -0.05) is 64.0 Å². The molecule has 0 unspecified atom stereocenters. The second-order valence-corrected chi connectivity index (χ2v) is 7.45. The van der Waals surface area contributed by atoms with E-state index in [0.29, 0.717) is 12.8 Å². The first-order valence-corrected chi connectivity index (χ1v) is 10.7. The maximum atomic E-state index is 10.9. The van der Waals surface area contributed by atoms with Gasteiger partial charge in [0.2, 0.25) is 0 Å². The highest BCUT2D eigenvalue weighted by Gasteiger charge is 2.15. The first kappa shape index (κ1) is 24.1. The lowest BCUT2D eigenvalue weighted by atomic mass is 10.1. The molecule has 0 bridgehead atoms. The van der Waals surface area contributed by atoms with E-state index < -0.39 is 22.5 Å². The normalized spacial score (nSPS) is 13.4. The SMILES string of the molecule is CCCCCC[C@@H](C/C=C\CCCCCCCC(=O)O)OS(=O)(=O)O. The van der Waals surface area contributed by atoms with Crippen LogP contribution in [0.1, 0.15) is 90.4 Å². The summed E-state index contributed by atoms with van der Waals surface area (Å²) in [7, 11) is -4.41. The van der Waals surface area contributed by atoms with Crippen LogP contribution in [0.25, 0.3) is 0 Å². The van der Waals surface area contributed by atoms with E-state index in [-0.39, 0.29) is 6.42 Å². The number of allylic oxidation sites excluding steroid dienone is 1. The summed E-state index contributed by atoms with van der Waals surface area (Å²) in [5, 5.41) is 8.54. The van der Waals surface area contributed by atoms with Gasteiger partial charge in [-0.3, -0.25) is 9.35 Å². The second-order valence-electron chi connectivity index (χ2n) is 6.40. The Morgan fingerprint density at radius 3 is 2.28 bits per heavy atom. The minimum atomic E-state index is -4.41. The molecule has 0 aliphatic carbocycles. The Kier molecular flexibility index (Phi) is 14.8. The molecular formula is C18H34O6S. The Hall–Kier alpha value is -0.920. The van der Waals surface area contributed by atoms with Crippen molar-refractivity contribution in [1.29, 1.82) is 0 Å². The molecule has 0 heterocycles. The zero-order chi connectivity index (χ0) is 19.0. The Balaban J connectivity index is 3.86. The van der Waals surface area contributed by atoms with Gasteiger partial charge in [-0.15, -0.1) is 0 Å². The summed E-state index contributed by atoms with van der Waals surface area (Å²) < 4.78 is 35.4. The average Bonchev–Trinajstić information content (AvgIpc) is 2.51. The van der Waals surface area contributed by atoms with Crippen molar-refractivity contribution in [2.45, 2.75) is 96.5 Å². The van der Waals surface area contributed by atoms with Gasteiger partial charge in [-0.25, -0.2) is 4.18 Å². The average molecular weight is 379 g/mol. The molecule has 25 heavy (non-hydrogen) atoms. The summed E-state index contributed by atoms with van der Waals surface area (Å²) in [5.41, 5.74) is 0. The highest BCUT2D eigenvalue weighted by atomic mass is 32.3. The number of carbonyl (C=O) groups is 1. The van der Waals surface area contributed by atoms with Crippen LogP contribution in [-0.4, -0.2) is 30.2 Å². The zero-order valence-electron chi connectivity index (χ0n) is 15.4. The van der Waals surface area contributed by atoms with E-state index in [4.69, 9.17) is 13.8 Å². The van der Waals surface area contributed by atoms with Gasteiger partial charge in [0.05, 0.1) is 6.10 Å². The van der Waals surface area contributed by atoms with E-state index in [1.165, 1.54) is 0 Å². The predicted molar refractivity (Wildman–Crippen MR) is 98.9 cm³/mol. The van der Waals surface area contributed by atoms with Crippen molar-refractivity contribution in [2.24, 2.45) is 0 Å². The van der Waals surface area contributed by atoms with Crippen molar-refractivity contribution in [3.05, 3.63) is 12.2 Å².